The SMILES string of the molecule is CCOC(O)c1cn(-c2ccc(N3CCOC3=O)cc2)c(=O)n(C2CCCc3c(Cl)cccc32)c1=O. The maximum Gasteiger partial charge on any atom is 0.414 e. The largest absolute Gasteiger partial charge is 0.447 e. The third-order valence-corrected chi connectivity index (χ3v) is 7.02. The quantitative estimate of drug-likeness (QED) is 0.508. The maximum absolute atomic E-state index is 13.8. The van der Waals surface area contributed by atoms with Gasteiger partial charge in [-0.2, -0.15) is 0 Å². The van der Waals surface area contributed by atoms with Crippen LogP contribution in [0.25, 0.3) is 5.69 Å². The minimum Gasteiger partial charge on any atom is -0.447 e. The van der Waals surface area contributed by atoms with Crippen molar-refractivity contribution >= 4 is 23.4 Å². The zero-order valence-electron chi connectivity index (χ0n) is 19.7. The third-order valence-electron chi connectivity index (χ3n) is 6.67. The number of aliphatic hydroxyl groups excluding tert-OH is 1. The van der Waals surface area contributed by atoms with E-state index in [1.54, 1.807) is 37.3 Å². The molecule has 2 aliphatic rings. The van der Waals surface area contributed by atoms with Crippen LogP contribution in [0.3, 0.4) is 0 Å². The third kappa shape index (κ3) is 4.23. The van der Waals surface area contributed by atoms with E-state index < -0.39 is 29.7 Å². The van der Waals surface area contributed by atoms with E-state index in [9.17, 15) is 19.5 Å². The number of amides is 1. The zero-order valence-corrected chi connectivity index (χ0v) is 20.5. The highest BCUT2D eigenvalue weighted by Crippen LogP contribution is 2.35. The Bertz CT molecular complexity index is 1410. The van der Waals surface area contributed by atoms with Gasteiger partial charge in [0.2, 0.25) is 0 Å². The standard InChI is InChI=1S/C26H26ClN3O6/c1-2-35-24(32)20-15-29(17-11-9-16(10-12-17)28-13-14-36-26(28)34)25(33)30(23(20)31)22-8-4-5-18-19(22)6-3-7-21(18)27/h3,6-7,9-12,15,22,24,32H,2,4-5,8,13-14H2,1H3. The average molecular weight is 512 g/mol. The molecule has 5 rings (SSSR count). The molecule has 1 aliphatic carbocycles. The lowest BCUT2D eigenvalue weighted by Gasteiger charge is -2.28. The van der Waals surface area contributed by atoms with Crippen LogP contribution in [-0.2, 0) is 15.9 Å². The fourth-order valence-corrected chi connectivity index (χ4v) is 5.21. The summed E-state index contributed by atoms with van der Waals surface area (Å²) in [5, 5.41) is 11.2. The Morgan fingerprint density at radius 1 is 1.14 bits per heavy atom. The molecule has 0 bridgehead atoms. The molecule has 2 heterocycles. The van der Waals surface area contributed by atoms with E-state index in [0.717, 1.165) is 24.0 Å². The molecule has 1 N–H and O–H groups in total. The van der Waals surface area contributed by atoms with Crippen molar-refractivity contribution in [1.29, 1.82) is 0 Å². The summed E-state index contributed by atoms with van der Waals surface area (Å²) in [5.74, 6) is 0. The van der Waals surface area contributed by atoms with E-state index in [2.05, 4.69) is 0 Å². The van der Waals surface area contributed by atoms with E-state index in [1.165, 1.54) is 20.2 Å². The van der Waals surface area contributed by atoms with Gasteiger partial charge in [-0.3, -0.25) is 18.8 Å². The second-order valence-corrected chi connectivity index (χ2v) is 9.13. The number of hydrogen-bond acceptors (Lipinski definition) is 6. The van der Waals surface area contributed by atoms with Crippen LogP contribution in [0, 0.1) is 0 Å². The van der Waals surface area contributed by atoms with Crippen molar-refractivity contribution in [3.63, 3.8) is 0 Å². The molecule has 1 aromatic heterocycles. The number of fused-ring (bicyclic) bond motifs is 1. The highest BCUT2D eigenvalue weighted by molar-refractivity contribution is 6.31. The summed E-state index contributed by atoms with van der Waals surface area (Å²) in [4.78, 5) is 40.8. The van der Waals surface area contributed by atoms with Crippen molar-refractivity contribution in [3.05, 3.63) is 91.2 Å². The molecule has 1 fully saturated rings. The fraction of sp³-hybridized carbons (Fsp3) is 0.346. The smallest absolute Gasteiger partial charge is 0.414 e. The van der Waals surface area contributed by atoms with Gasteiger partial charge in [0, 0.05) is 23.5 Å². The van der Waals surface area contributed by atoms with Crippen LogP contribution in [0.4, 0.5) is 10.5 Å². The number of aromatic nitrogens is 2. The Balaban J connectivity index is 1.66. The predicted molar refractivity (Wildman–Crippen MR) is 134 cm³/mol. The normalized spacial score (nSPS) is 18.1. The zero-order chi connectivity index (χ0) is 25.4. The Morgan fingerprint density at radius 2 is 1.89 bits per heavy atom. The molecular formula is C26H26ClN3O6. The lowest BCUT2D eigenvalue weighted by atomic mass is 9.87. The molecule has 3 aromatic rings. The van der Waals surface area contributed by atoms with Crippen LogP contribution in [0.2, 0.25) is 5.02 Å². The van der Waals surface area contributed by atoms with Gasteiger partial charge in [-0.1, -0.05) is 23.7 Å². The Hall–Kier alpha value is -3.40. The maximum atomic E-state index is 13.8. The lowest BCUT2D eigenvalue weighted by molar-refractivity contribution is -0.0994. The molecule has 9 nitrogen and oxygen atoms in total. The van der Waals surface area contributed by atoms with Gasteiger partial charge in [0.15, 0.2) is 6.29 Å². The van der Waals surface area contributed by atoms with Crippen molar-refractivity contribution in [2.75, 3.05) is 24.7 Å². The Kier molecular flexibility index (Phi) is 6.70. The van der Waals surface area contributed by atoms with Crippen molar-refractivity contribution < 1.29 is 19.4 Å². The monoisotopic (exact) mass is 511 g/mol. The summed E-state index contributed by atoms with van der Waals surface area (Å²) >= 11 is 6.44. The first-order valence-electron chi connectivity index (χ1n) is 11.9. The topological polar surface area (TPSA) is 103 Å². The molecule has 2 atom stereocenters. The number of nitrogens with zero attached hydrogens (tertiary/aromatic N) is 3. The van der Waals surface area contributed by atoms with Gasteiger partial charge in [0.05, 0.1) is 23.8 Å². The van der Waals surface area contributed by atoms with Gasteiger partial charge in [0.25, 0.3) is 5.56 Å². The van der Waals surface area contributed by atoms with Crippen molar-refractivity contribution in [3.8, 4) is 5.69 Å². The van der Waals surface area contributed by atoms with E-state index >= 15 is 0 Å². The second-order valence-electron chi connectivity index (χ2n) is 8.72. The number of ether oxygens (including phenoxy) is 2. The van der Waals surface area contributed by atoms with E-state index in [0.29, 0.717) is 36.0 Å². The number of benzene rings is 2. The second kappa shape index (κ2) is 9.93. The molecule has 1 aliphatic heterocycles. The first-order valence-corrected chi connectivity index (χ1v) is 12.3. The number of rotatable bonds is 6. The highest BCUT2D eigenvalue weighted by atomic mass is 35.5. The van der Waals surface area contributed by atoms with Gasteiger partial charge in [-0.15, -0.1) is 0 Å². The molecule has 0 radical (unpaired) electrons. The number of carbonyl (C=O) groups is 1. The summed E-state index contributed by atoms with van der Waals surface area (Å²) in [5.41, 5.74) is 1.66. The average Bonchev–Trinajstić information content (AvgIpc) is 3.31. The molecule has 0 spiro atoms. The lowest BCUT2D eigenvalue weighted by Crippen LogP contribution is -2.44. The summed E-state index contributed by atoms with van der Waals surface area (Å²) in [6.07, 6.45) is 1.49. The molecule has 1 amide bonds. The van der Waals surface area contributed by atoms with E-state index in [-0.39, 0.29) is 12.2 Å². The Labute approximate surface area is 212 Å². The molecule has 0 saturated carbocycles. The summed E-state index contributed by atoms with van der Waals surface area (Å²) in [6, 6.07) is 11.7. The number of cyclic esters (lactones) is 1. The first kappa shape index (κ1) is 24.3. The van der Waals surface area contributed by atoms with Gasteiger partial charge >= 0.3 is 11.8 Å². The molecule has 1 saturated heterocycles. The van der Waals surface area contributed by atoms with Crippen LogP contribution in [0.1, 0.15) is 48.8 Å². The van der Waals surface area contributed by atoms with Crippen molar-refractivity contribution in [2.45, 2.75) is 38.5 Å². The highest BCUT2D eigenvalue weighted by Gasteiger charge is 2.29. The van der Waals surface area contributed by atoms with E-state index in [1.807, 2.05) is 12.1 Å². The number of hydrogen-bond donors (Lipinski definition) is 1. The van der Waals surface area contributed by atoms with Gasteiger partial charge in [-0.05, 0) is 67.6 Å². The number of aliphatic hydroxyl groups is 1. The van der Waals surface area contributed by atoms with Crippen molar-refractivity contribution in [1.82, 2.24) is 9.13 Å². The molecule has 2 aromatic carbocycles. The molecular weight excluding hydrogens is 486 g/mol. The molecule has 10 heteroatoms. The minimum absolute atomic E-state index is 0.0437. The molecule has 188 valence electrons. The van der Waals surface area contributed by atoms with Gasteiger partial charge < -0.3 is 14.6 Å². The Morgan fingerprint density at radius 3 is 2.58 bits per heavy atom. The van der Waals surface area contributed by atoms with Gasteiger partial charge in [-0.25, -0.2) is 9.59 Å². The van der Waals surface area contributed by atoms with Crippen LogP contribution in [-0.4, -0.2) is 40.1 Å². The van der Waals surface area contributed by atoms with Crippen LogP contribution >= 0.6 is 11.6 Å². The van der Waals surface area contributed by atoms with Crippen molar-refractivity contribution in [2.24, 2.45) is 0 Å². The number of halogens is 1. The fourth-order valence-electron chi connectivity index (χ4n) is 4.94. The summed E-state index contributed by atoms with van der Waals surface area (Å²) in [6.45, 7) is 2.65. The number of anilines is 1. The molecule has 2 unspecified atom stereocenters. The summed E-state index contributed by atoms with van der Waals surface area (Å²) in [7, 11) is 0. The predicted octanol–water partition coefficient (Wildman–Crippen LogP) is 3.56. The van der Waals surface area contributed by atoms with Gasteiger partial charge in [0.1, 0.15) is 6.61 Å². The van der Waals surface area contributed by atoms with Crippen LogP contribution in [0.15, 0.2) is 58.3 Å². The summed E-state index contributed by atoms with van der Waals surface area (Å²) < 4.78 is 12.8. The number of carbonyl (C=O) groups excluding carboxylic acids is 1. The minimum atomic E-state index is -1.50. The van der Waals surface area contributed by atoms with Crippen LogP contribution in [0.5, 0.6) is 0 Å². The first-order chi connectivity index (χ1) is 17.4. The molecule has 36 heavy (non-hydrogen) atoms. The van der Waals surface area contributed by atoms with Crippen LogP contribution < -0.4 is 16.1 Å². The van der Waals surface area contributed by atoms with E-state index in [4.69, 9.17) is 21.1 Å².